The standard InChI is InChI=1S/C13H19Cl2N3/c1-9-7-11(14)17-13(15)12(9)16-8-10-3-5-18(2)6-4-10/h7,10,16H,3-6,8H2,1-2H3. The van der Waals surface area contributed by atoms with Crippen molar-refractivity contribution in [2.45, 2.75) is 19.8 Å². The van der Waals surface area contributed by atoms with E-state index in [0.29, 0.717) is 16.2 Å². The molecule has 0 amide bonds. The third kappa shape index (κ3) is 3.50. The Labute approximate surface area is 118 Å². The quantitative estimate of drug-likeness (QED) is 0.863. The molecule has 2 rings (SSSR count). The van der Waals surface area contributed by atoms with E-state index >= 15 is 0 Å². The predicted octanol–water partition coefficient (Wildman–Crippen LogP) is 3.45. The molecule has 0 bridgehead atoms. The number of nitrogens with one attached hydrogen (secondary N) is 1. The summed E-state index contributed by atoms with van der Waals surface area (Å²) in [6, 6.07) is 1.84. The van der Waals surface area contributed by atoms with Crippen LogP contribution in [0.3, 0.4) is 0 Å². The molecular formula is C13H19Cl2N3. The van der Waals surface area contributed by atoms with E-state index < -0.39 is 0 Å². The Hall–Kier alpha value is -0.510. The number of nitrogens with zero attached hydrogens (tertiary/aromatic N) is 2. The van der Waals surface area contributed by atoms with Crippen LogP contribution in [0.1, 0.15) is 18.4 Å². The number of piperidine rings is 1. The molecule has 0 atom stereocenters. The molecule has 1 aliphatic rings. The molecule has 1 fully saturated rings. The zero-order chi connectivity index (χ0) is 13.1. The lowest BCUT2D eigenvalue weighted by molar-refractivity contribution is 0.226. The maximum atomic E-state index is 6.11. The molecule has 2 heterocycles. The molecule has 1 N–H and O–H groups in total. The van der Waals surface area contributed by atoms with Gasteiger partial charge >= 0.3 is 0 Å². The van der Waals surface area contributed by atoms with Crippen molar-refractivity contribution in [3.8, 4) is 0 Å². The molecule has 0 aliphatic carbocycles. The van der Waals surface area contributed by atoms with Crippen LogP contribution in [0.15, 0.2) is 6.07 Å². The number of anilines is 1. The Balaban J connectivity index is 1.94. The second kappa shape index (κ2) is 6.09. The minimum atomic E-state index is 0.447. The fraction of sp³-hybridized carbons (Fsp3) is 0.615. The van der Waals surface area contributed by atoms with Gasteiger partial charge in [0.1, 0.15) is 5.15 Å². The monoisotopic (exact) mass is 287 g/mol. The predicted molar refractivity (Wildman–Crippen MR) is 77.7 cm³/mol. The van der Waals surface area contributed by atoms with Gasteiger partial charge in [-0.3, -0.25) is 0 Å². The lowest BCUT2D eigenvalue weighted by atomic mass is 9.97. The van der Waals surface area contributed by atoms with Crippen molar-refractivity contribution in [3.05, 3.63) is 21.9 Å². The van der Waals surface area contributed by atoms with Crippen LogP contribution in [-0.4, -0.2) is 36.6 Å². The Morgan fingerprint density at radius 2 is 2.06 bits per heavy atom. The number of hydrogen-bond donors (Lipinski definition) is 1. The van der Waals surface area contributed by atoms with Crippen molar-refractivity contribution in [3.63, 3.8) is 0 Å². The van der Waals surface area contributed by atoms with E-state index in [9.17, 15) is 0 Å². The average molecular weight is 288 g/mol. The summed E-state index contributed by atoms with van der Waals surface area (Å²) in [4.78, 5) is 6.44. The lowest BCUT2D eigenvalue weighted by Crippen LogP contribution is -2.33. The molecule has 1 saturated heterocycles. The molecule has 1 aliphatic heterocycles. The van der Waals surface area contributed by atoms with Crippen LogP contribution >= 0.6 is 23.2 Å². The summed E-state index contributed by atoms with van der Waals surface area (Å²) in [5, 5.41) is 4.33. The number of halogens is 2. The first-order valence-corrected chi connectivity index (χ1v) is 7.07. The Bertz CT molecular complexity index is 392. The van der Waals surface area contributed by atoms with Crippen LogP contribution in [0.5, 0.6) is 0 Å². The van der Waals surface area contributed by atoms with Gasteiger partial charge in [-0.2, -0.15) is 0 Å². The highest BCUT2D eigenvalue weighted by Gasteiger charge is 2.17. The Morgan fingerprint density at radius 1 is 1.39 bits per heavy atom. The van der Waals surface area contributed by atoms with E-state index in [2.05, 4.69) is 22.2 Å². The van der Waals surface area contributed by atoms with Gasteiger partial charge in [0, 0.05) is 6.54 Å². The molecular weight excluding hydrogens is 269 g/mol. The molecule has 5 heteroatoms. The normalized spacial score (nSPS) is 18.0. The average Bonchev–Trinajstić information content (AvgIpc) is 2.30. The van der Waals surface area contributed by atoms with Crippen molar-refractivity contribution in [1.82, 2.24) is 9.88 Å². The number of rotatable bonds is 3. The first-order valence-electron chi connectivity index (χ1n) is 6.31. The van der Waals surface area contributed by atoms with Crippen molar-refractivity contribution in [2.24, 2.45) is 5.92 Å². The van der Waals surface area contributed by atoms with E-state index in [1.54, 1.807) is 0 Å². The number of aryl methyl sites for hydroxylation is 1. The summed E-state index contributed by atoms with van der Waals surface area (Å²) in [5.74, 6) is 0.715. The fourth-order valence-corrected chi connectivity index (χ4v) is 2.92. The zero-order valence-corrected chi connectivity index (χ0v) is 12.4. The topological polar surface area (TPSA) is 28.2 Å². The van der Waals surface area contributed by atoms with E-state index in [4.69, 9.17) is 23.2 Å². The first kappa shape index (κ1) is 13.9. The lowest BCUT2D eigenvalue weighted by Gasteiger charge is -2.29. The number of likely N-dealkylation sites (tertiary alicyclic amines) is 1. The summed E-state index contributed by atoms with van der Waals surface area (Å²) in [6.45, 7) is 5.31. The van der Waals surface area contributed by atoms with E-state index in [0.717, 1.165) is 17.8 Å². The van der Waals surface area contributed by atoms with Crippen LogP contribution < -0.4 is 5.32 Å². The highest BCUT2D eigenvalue weighted by atomic mass is 35.5. The number of aromatic nitrogens is 1. The second-order valence-electron chi connectivity index (χ2n) is 5.06. The summed E-state index contributed by atoms with van der Waals surface area (Å²) < 4.78 is 0. The molecule has 1 aromatic rings. The summed E-state index contributed by atoms with van der Waals surface area (Å²) >= 11 is 12.0. The molecule has 0 aromatic carbocycles. The minimum absolute atomic E-state index is 0.447. The largest absolute Gasteiger partial charge is 0.382 e. The second-order valence-corrected chi connectivity index (χ2v) is 5.80. The van der Waals surface area contributed by atoms with Crippen LogP contribution in [0.2, 0.25) is 10.3 Å². The summed E-state index contributed by atoms with van der Waals surface area (Å²) in [7, 11) is 2.17. The minimum Gasteiger partial charge on any atom is -0.382 e. The van der Waals surface area contributed by atoms with Crippen molar-refractivity contribution in [2.75, 3.05) is 32.0 Å². The van der Waals surface area contributed by atoms with Crippen molar-refractivity contribution >= 4 is 28.9 Å². The Kier molecular flexibility index (Phi) is 4.71. The molecule has 100 valence electrons. The molecule has 18 heavy (non-hydrogen) atoms. The SMILES string of the molecule is Cc1cc(Cl)nc(Cl)c1NCC1CCN(C)CC1. The third-order valence-electron chi connectivity index (χ3n) is 3.55. The highest BCUT2D eigenvalue weighted by Crippen LogP contribution is 2.27. The summed E-state index contributed by atoms with van der Waals surface area (Å²) in [6.07, 6.45) is 2.47. The van der Waals surface area contributed by atoms with Crippen LogP contribution in [0, 0.1) is 12.8 Å². The molecule has 0 unspecified atom stereocenters. The fourth-order valence-electron chi connectivity index (χ4n) is 2.32. The van der Waals surface area contributed by atoms with Gasteiger partial charge in [-0.05, 0) is 57.5 Å². The molecule has 1 aromatic heterocycles. The highest BCUT2D eigenvalue weighted by molar-refractivity contribution is 6.34. The molecule has 0 saturated carbocycles. The number of pyridine rings is 1. The van der Waals surface area contributed by atoms with Crippen LogP contribution in [0.4, 0.5) is 5.69 Å². The van der Waals surface area contributed by atoms with Gasteiger partial charge in [0.05, 0.1) is 5.69 Å². The summed E-state index contributed by atoms with van der Waals surface area (Å²) in [5.41, 5.74) is 1.97. The van der Waals surface area contributed by atoms with Gasteiger partial charge in [-0.25, -0.2) is 4.98 Å². The van der Waals surface area contributed by atoms with Crippen LogP contribution in [0.25, 0.3) is 0 Å². The number of hydrogen-bond acceptors (Lipinski definition) is 3. The maximum absolute atomic E-state index is 6.11. The molecule has 0 radical (unpaired) electrons. The van der Waals surface area contributed by atoms with Crippen LogP contribution in [-0.2, 0) is 0 Å². The van der Waals surface area contributed by atoms with Gasteiger partial charge in [-0.15, -0.1) is 0 Å². The van der Waals surface area contributed by atoms with E-state index in [-0.39, 0.29) is 0 Å². The van der Waals surface area contributed by atoms with Gasteiger partial charge < -0.3 is 10.2 Å². The van der Waals surface area contributed by atoms with Gasteiger partial charge in [0.15, 0.2) is 5.15 Å². The van der Waals surface area contributed by atoms with E-state index in [1.165, 1.54) is 25.9 Å². The smallest absolute Gasteiger partial charge is 0.154 e. The van der Waals surface area contributed by atoms with Crippen molar-refractivity contribution < 1.29 is 0 Å². The van der Waals surface area contributed by atoms with Crippen molar-refractivity contribution in [1.29, 1.82) is 0 Å². The van der Waals surface area contributed by atoms with Gasteiger partial charge in [-0.1, -0.05) is 23.2 Å². The van der Waals surface area contributed by atoms with Gasteiger partial charge in [0.2, 0.25) is 0 Å². The Morgan fingerprint density at radius 3 is 2.67 bits per heavy atom. The van der Waals surface area contributed by atoms with Gasteiger partial charge in [0.25, 0.3) is 0 Å². The third-order valence-corrected chi connectivity index (χ3v) is 4.01. The molecule has 3 nitrogen and oxygen atoms in total. The first-order chi connectivity index (χ1) is 8.56. The maximum Gasteiger partial charge on any atom is 0.154 e. The zero-order valence-electron chi connectivity index (χ0n) is 10.8. The van der Waals surface area contributed by atoms with E-state index in [1.807, 2.05) is 13.0 Å². The molecule has 0 spiro atoms.